The SMILES string of the molecule is Cc1cc(C)n(Cc2ccc(C(=O)NCc3cccs3)o2)n1. The fraction of sp³-hybridized carbons (Fsp3) is 0.250. The number of hydrogen-bond donors (Lipinski definition) is 1. The summed E-state index contributed by atoms with van der Waals surface area (Å²) in [5, 5.41) is 9.22. The average Bonchev–Trinajstić information content (AvgIpc) is 3.20. The van der Waals surface area contributed by atoms with Gasteiger partial charge in [-0.2, -0.15) is 5.10 Å². The quantitative estimate of drug-likeness (QED) is 0.787. The van der Waals surface area contributed by atoms with Gasteiger partial charge in [0.25, 0.3) is 5.91 Å². The highest BCUT2D eigenvalue weighted by Gasteiger charge is 2.12. The summed E-state index contributed by atoms with van der Waals surface area (Å²) < 4.78 is 7.48. The molecule has 3 rings (SSSR count). The average molecular weight is 315 g/mol. The zero-order chi connectivity index (χ0) is 15.5. The van der Waals surface area contributed by atoms with Crippen LogP contribution in [0.5, 0.6) is 0 Å². The molecule has 114 valence electrons. The molecule has 0 aliphatic heterocycles. The second-order valence-corrected chi connectivity index (χ2v) is 6.14. The fourth-order valence-electron chi connectivity index (χ4n) is 2.24. The second kappa shape index (κ2) is 6.19. The smallest absolute Gasteiger partial charge is 0.287 e. The van der Waals surface area contributed by atoms with Crippen molar-refractivity contribution in [3.63, 3.8) is 0 Å². The van der Waals surface area contributed by atoms with Gasteiger partial charge in [-0.05, 0) is 43.5 Å². The number of carbonyl (C=O) groups is 1. The summed E-state index contributed by atoms with van der Waals surface area (Å²) in [5.74, 6) is 0.841. The van der Waals surface area contributed by atoms with Crippen LogP contribution in [0.3, 0.4) is 0 Å². The van der Waals surface area contributed by atoms with E-state index < -0.39 is 0 Å². The number of nitrogens with zero attached hydrogens (tertiary/aromatic N) is 2. The number of nitrogens with one attached hydrogen (secondary N) is 1. The maximum absolute atomic E-state index is 12.1. The lowest BCUT2D eigenvalue weighted by Crippen LogP contribution is -2.21. The van der Waals surface area contributed by atoms with Gasteiger partial charge in [-0.1, -0.05) is 6.07 Å². The second-order valence-electron chi connectivity index (χ2n) is 5.11. The highest BCUT2D eigenvalue weighted by molar-refractivity contribution is 7.09. The van der Waals surface area contributed by atoms with Crippen molar-refractivity contribution < 1.29 is 9.21 Å². The minimum atomic E-state index is -0.201. The van der Waals surface area contributed by atoms with Crippen molar-refractivity contribution in [1.29, 1.82) is 0 Å². The van der Waals surface area contributed by atoms with Crippen molar-refractivity contribution in [2.75, 3.05) is 0 Å². The van der Waals surface area contributed by atoms with Crippen LogP contribution in [0.15, 0.2) is 40.1 Å². The van der Waals surface area contributed by atoms with Gasteiger partial charge in [-0.3, -0.25) is 9.48 Å². The van der Waals surface area contributed by atoms with Crippen LogP contribution >= 0.6 is 11.3 Å². The van der Waals surface area contributed by atoms with E-state index in [0.717, 1.165) is 16.3 Å². The predicted molar refractivity (Wildman–Crippen MR) is 85.0 cm³/mol. The third kappa shape index (κ3) is 3.28. The molecule has 6 heteroatoms. The molecular weight excluding hydrogens is 298 g/mol. The third-order valence-electron chi connectivity index (χ3n) is 3.30. The highest BCUT2D eigenvalue weighted by atomic mass is 32.1. The Balaban J connectivity index is 1.63. The minimum Gasteiger partial charge on any atom is -0.454 e. The number of carbonyl (C=O) groups excluding carboxylic acids is 1. The van der Waals surface area contributed by atoms with Gasteiger partial charge in [0.15, 0.2) is 5.76 Å². The van der Waals surface area contributed by atoms with Gasteiger partial charge < -0.3 is 9.73 Å². The van der Waals surface area contributed by atoms with Gasteiger partial charge >= 0.3 is 0 Å². The lowest BCUT2D eigenvalue weighted by Gasteiger charge is -2.02. The molecule has 0 spiro atoms. The van der Waals surface area contributed by atoms with E-state index in [9.17, 15) is 4.79 Å². The molecule has 0 saturated heterocycles. The summed E-state index contributed by atoms with van der Waals surface area (Å²) in [7, 11) is 0. The summed E-state index contributed by atoms with van der Waals surface area (Å²) in [6, 6.07) is 9.48. The van der Waals surface area contributed by atoms with E-state index in [2.05, 4.69) is 10.4 Å². The lowest BCUT2D eigenvalue weighted by molar-refractivity contribution is 0.0921. The number of rotatable bonds is 5. The molecule has 22 heavy (non-hydrogen) atoms. The normalized spacial score (nSPS) is 10.8. The van der Waals surface area contributed by atoms with E-state index in [1.807, 2.05) is 48.2 Å². The monoisotopic (exact) mass is 315 g/mol. The Kier molecular flexibility index (Phi) is 4.11. The molecule has 0 bridgehead atoms. The molecule has 0 aliphatic rings. The molecule has 0 aromatic carbocycles. The summed E-state index contributed by atoms with van der Waals surface area (Å²) in [5.41, 5.74) is 2.04. The topological polar surface area (TPSA) is 60.1 Å². The van der Waals surface area contributed by atoms with Crippen molar-refractivity contribution >= 4 is 17.2 Å². The summed E-state index contributed by atoms with van der Waals surface area (Å²) >= 11 is 1.61. The Morgan fingerprint density at radius 1 is 1.36 bits per heavy atom. The van der Waals surface area contributed by atoms with E-state index >= 15 is 0 Å². The largest absolute Gasteiger partial charge is 0.454 e. The third-order valence-corrected chi connectivity index (χ3v) is 4.17. The van der Waals surface area contributed by atoms with Gasteiger partial charge in [0.05, 0.1) is 18.8 Å². The number of aryl methyl sites for hydroxylation is 2. The number of amides is 1. The van der Waals surface area contributed by atoms with Crippen LogP contribution in [-0.2, 0) is 13.1 Å². The van der Waals surface area contributed by atoms with Gasteiger partial charge in [0.2, 0.25) is 0 Å². The minimum absolute atomic E-state index is 0.201. The van der Waals surface area contributed by atoms with Crippen LogP contribution in [0.1, 0.15) is 32.6 Å². The van der Waals surface area contributed by atoms with Crippen LogP contribution in [0.25, 0.3) is 0 Å². The molecule has 1 N–H and O–H groups in total. The molecular formula is C16H17N3O2S. The molecule has 0 unspecified atom stereocenters. The van der Waals surface area contributed by atoms with Gasteiger partial charge in [0.1, 0.15) is 5.76 Å². The van der Waals surface area contributed by atoms with Crippen molar-refractivity contribution in [2.45, 2.75) is 26.9 Å². The Labute approximate surface area is 132 Å². The zero-order valence-corrected chi connectivity index (χ0v) is 13.3. The maximum Gasteiger partial charge on any atom is 0.287 e. The molecule has 1 amide bonds. The van der Waals surface area contributed by atoms with Gasteiger partial charge in [-0.15, -0.1) is 11.3 Å². The maximum atomic E-state index is 12.1. The first-order chi connectivity index (χ1) is 10.6. The Morgan fingerprint density at radius 3 is 2.91 bits per heavy atom. The first-order valence-electron chi connectivity index (χ1n) is 7.02. The standard InChI is InChI=1S/C16H17N3O2S/c1-11-8-12(2)19(18-11)10-13-5-6-15(21-13)16(20)17-9-14-4-3-7-22-14/h3-8H,9-10H2,1-2H3,(H,17,20). The van der Waals surface area contributed by atoms with E-state index in [-0.39, 0.29) is 5.91 Å². The highest BCUT2D eigenvalue weighted by Crippen LogP contribution is 2.12. The van der Waals surface area contributed by atoms with Gasteiger partial charge in [0, 0.05) is 10.6 Å². The Morgan fingerprint density at radius 2 is 2.23 bits per heavy atom. The molecule has 3 aromatic heterocycles. The van der Waals surface area contributed by atoms with Crippen LogP contribution in [0.2, 0.25) is 0 Å². The molecule has 5 nitrogen and oxygen atoms in total. The van der Waals surface area contributed by atoms with Gasteiger partial charge in [-0.25, -0.2) is 0 Å². The van der Waals surface area contributed by atoms with Crippen molar-refractivity contribution in [3.05, 3.63) is 63.5 Å². The molecule has 0 aliphatic carbocycles. The number of hydrogen-bond acceptors (Lipinski definition) is 4. The summed E-state index contributed by atoms with van der Waals surface area (Å²) in [6.07, 6.45) is 0. The van der Waals surface area contributed by atoms with Crippen LogP contribution < -0.4 is 5.32 Å². The summed E-state index contributed by atoms with van der Waals surface area (Å²) in [4.78, 5) is 13.2. The first-order valence-corrected chi connectivity index (χ1v) is 7.90. The van der Waals surface area contributed by atoms with E-state index in [1.54, 1.807) is 17.4 Å². The van der Waals surface area contributed by atoms with Crippen molar-refractivity contribution in [2.24, 2.45) is 0 Å². The van der Waals surface area contributed by atoms with Crippen LogP contribution in [0, 0.1) is 13.8 Å². The summed E-state index contributed by atoms with van der Waals surface area (Å²) in [6.45, 7) is 4.99. The van der Waals surface area contributed by atoms with Crippen LogP contribution in [-0.4, -0.2) is 15.7 Å². The van der Waals surface area contributed by atoms with E-state index in [1.165, 1.54) is 0 Å². The van der Waals surface area contributed by atoms with Crippen molar-refractivity contribution in [3.8, 4) is 0 Å². The fourth-order valence-corrected chi connectivity index (χ4v) is 2.88. The molecule has 0 radical (unpaired) electrons. The number of thiophene rings is 1. The Bertz CT molecular complexity index is 771. The molecule has 0 fully saturated rings. The van der Waals surface area contributed by atoms with Crippen molar-refractivity contribution in [1.82, 2.24) is 15.1 Å². The zero-order valence-electron chi connectivity index (χ0n) is 12.5. The molecule has 3 aromatic rings. The Hall–Kier alpha value is -2.34. The van der Waals surface area contributed by atoms with E-state index in [0.29, 0.717) is 24.6 Å². The first kappa shape index (κ1) is 14.6. The molecule has 0 atom stereocenters. The van der Waals surface area contributed by atoms with Crippen LogP contribution in [0.4, 0.5) is 0 Å². The lowest BCUT2D eigenvalue weighted by atomic mass is 10.4. The number of furan rings is 1. The molecule has 0 saturated carbocycles. The number of aromatic nitrogens is 2. The van der Waals surface area contributed by atoms with E-state index in [4.69, 9.17) is 4.42 Å². The molecule has 3 heterocycles. The predicted octanol–water partition coefficient (Wildman–Crippen LogP) is 3.13.